The number of carbonyl (C=O) groups is 2. The number of esters is 1. The third-order valence-electron chi connectivity index (χ3n) is 3.06. The van der Waals surface area contributed by atoms with E-state index in [0.29, 0.717) is 6.61 Å². The van der Waals surface area contributed by atoms with Gasteiger partial charge in [-0.05, 0) is 27.2 Å². The van der Waals surface area contributed by atoms with Gasteiger partial charge in [-0.3, -0.25) is 0 Å². The number of hydrogen-bond acceptors (Lipinski definition) is 7. The molecule has 0 aromatic heterocycles. The summed E-state index contributed by atoms with van der Waals surface area (Å²) in [4.78, 5) is 27.7. The van der Waals surface area contributed by atoms with Crippen LogP contribution >= 0.6 is 0 Å². The minimum Gasteiger partial charge on any atom is -0.476 e. The summed E-state index contributed by atoms with van der Waals surface area (Å²) in [6.07, 6.45) is 1.32. The second kappa shape index (κ2) is 9.46. The van der Waals surface area contributed by atoms with Crippen LogP contribution in [0, 0.1) is 0 Å². The van der Waals surface area contributed by atoms with E-state index < -0.39 is 29.7 Å². The van der Waals surface area contributed by atoms with Crippen molar-refractivity contribution in [1.29, 1.82) is 0 Å². The summed E-state index contributed by atoms with van der Waals surface area (Å²) >= 11 is 0. The molecule has 0 aliphatic carbocycles. The van der Waals surface area contributed by atoms with Gasteiger partial charge in [0.15, 0.2) is 6.04 Å². The molecule has 2 atom stereocenters. The van der Waals surface area contributed by atoms with Crippen molar-refractivity contribution in [2.45, 2.75) is 58.2 Å². The minimum absolute atomic E-state index is 0.0868. The molecule has 0 saturated carbocycles. The summed E-state index contributed by atoms with van der Waals surface area (Å²) in [5.74, 6) is -0.235. The molecular weight excluding hydrogens is 316 g/mol. The van der Waals surface area contributed by atoms with Crippen molar-refractivity contribution < 1.29 is 28.5 Å². The van der Waals surface area contributed by atoms with Crippen LogP contribution in [-0.2, 0) is 23.7 Å². The van der Waals surface area contributed by atoms with Crippen LogP contribution in [0.4, 0.5) is 4.79 Å². The third kappa shape index (κ3) is 7.16. The lowest BCUT2D eigenvalue weighted by molar-refractivity contribution is -0.142. The molecule has 2 unspecified atom stereocenters. The van der Waals surface area contributed by atoms with Crippen LogP contribution in [0.25, 0.3) is 0 Å². The molecule has 1 rings (SSSR count). The number of hydrogen-bond donors (Lipinski definition) is 1. The van der Waals surface area contributed by atoms with Gasteiger partial charge in [-0.15, -0.1) is 0 Å². The average molecular weight is 344 g/mol. The summed E-state index contributed by atoms with van der Waals surface area (Å²) in [5.41, 5.74) is -0.620. The fourth-order valence-electron chi connectivity index (χ4n) is 1.91. The van der Waals surface area contributed by atoms with Gasteiger partial charge in [0.05, 0.1) is 13.7 Å². The molecule has 0 bridgehead atoms. The Labute approximate surface area is 142 Å². The molecule has 0 aromatic carbocycles. The lowest BCUT2D eigenvalue weighted by Crippen LogP contribution is -2.46. The van der Waals surface area contributed by atoms with Crippen LogP contribution < -0.4 is 5.32 Å². The topological polar surface area (TPSA) is 95.5 Å². The van der Waals surface area contributed by atoms with Gasteiger partial charge < -0.3 is 24.3 Å². The van der Waals surface area contributed by atoms with Gasteiger partial charge in [0.2, 0.25) is 5.90 Å². The van der Waals surface area contributed by atoms with Crippen LogP contribution in [-0.4, -0.2) is 62.6 Å². The maximum atomic E-state index is 12.0. The van der Waals surface area contributed by atoms with Crippen LogP contribution in [0.1, 0.15) is 40.5 Å². The number of nitrogens with zero attached hydrogens (tertiary/aromatic N) is 1. The van der Waals surface area contributed by atoms with Crippen LogP contribution in [0.5, 0.6) is 0 Å². The number of amides is 1. The Balaban J connectivity index is 2.70. The largest absolute Gasteiger partial charge is 0.476 e. The highest BCUT2D eigenvalue weighted by molar-refractivity contribution is 5.90. The fourth-order valence-corrected chi connectivity index (χ4v) is 1.91. The highest BCUT2D eigenvalue weighted by Gasteiger charge is 2.32. The summed E-state index contributed by atoms with van der Waals surface area (Å²) in [6, 6.07) is -1.34. The molecule has 0 spiro atoms. The highest BCUT2D eigenvalue weighted by atomic mass is 16.6. The molecule has 1 aliphatic rings. The molecule has 24 heavy (non-hydrogen) atoms. The van der Waals surface area contributed by atoms with Crippen molar-refractivity contribution in [3.05, 3.63) is 0 Å². The quantitative estimate of drug-likeness (QED) is 0.531. The molecule has 0 fully saturated rings. The predicted molar refractivity (Wildman–Crippen MR) is 88.1 cm³/mol. The first-order valence-electron chi connectivity index (χ1n) is 8.12. The number of unbranched alkanes of at least 4 members (excludes halogenated alkanes) is 1. The van der Waals surface area contributed by atoms with E-state index in [-0.39, 0.29) is 19.1 Å². The van der Waals surface area contributed by atoms with E-state index in [1.54, 1.807) is 20.8 Å². The van der Waals surface area contributed by atoms with E-state index in [4.69, 9.17) is 14.2 Å². The number of methoxy groups -OCH3 is 1. The number of ether oxygens (including phenoxy) is 4. The van der Waals surface area contributed by atoms with Crippen molar-refractivity contribution in [3.63, 3.8) is 0 Å². The second-order valence-corrected chi connectivity index (χ2v) is 6.44. The SMILES string of the molecule is CCCCOCC(NC(=O)OC(C)(C)C)C1=NC(C(=O)OC)CO1. The van der Waals surface area contributed by atoms with Crippen molar-refractivity contribution in [3.8, 4) is 0 Å². The van der Waals surface area contributed by atoms with E-state index >= 15 is 0 Å². The van der Waals surface area contributed by atoms with Gasteiger partial charge in [-0.1, -0.05) is 13.3 Å². The zero-order valence-corrected chi connectivity index (χ0v) is 15.1. The molecule has 0 radical (unpaired) electrons. The summed E-state index contributed by atoms with van der Waals surface area (Å²) in [6.45, 7) is 8.22. The number of aliphatic imine (C=N–C) groups is 1. The van der Waals surface area contributed by atoms with Crippen LogP contribution in [0.15, 0.2) is 4.99 Å². The van der Waals surface area contributed by atoms with Gasteiger partial charge in [-0.25, -0.2) is 14.6 Å². The predicted octanol–water partition coefficient (Wildman–Crippen LogP) is 1.67. The van der Waals surface area contributed by atoms with Crippen LogP contribution in [0.3, 0.4) is 0 Å². The maximum Gasteiger partial charge on any atom is 0.408 e. The van der Waals surface area contributed by atoms with E-state index in [2.05, 4.69) is 22.0 Å². The van der Waals surface area contributed by atoms with Crippen molar-refractivity contribution in [2.75, 3.05) is 26.9 Å². The van der Waals surface area contributed by atoms with E-state index in [0.717, 1.165) is 12.8 Å². The number of nitrogens with one attached hydrogen (secondary N) is 1. The lowest BCUT2D eigenvalue weighted by Gasteiger charge is -2.23. The summed E-state index contributed by atoms with van der Waals surface area (Å²) < 4.78 is 20.9. The summed E-state index contributed by atoms with van der Waals surface area (Å²) in [7, 11) is 1.29. The highest BCUT2D eigenvalue weighted by Crippen LogP contribution is 2.11. The number of rotatable bonds is 8. The Hall–Kier alpha value is -1.83. The third-order valence-corrected chi connectivity index (χ3v) is 3.06. The number of carbonyl (C=O) groups excluding carboxylic acids is 2. The molecule has 1 heterocycles. The molecule has 0 aromatic rings. The smallest absolute Gasteiger partial charge is 0.408 e. The first-order chi connectivity index (χ1) is 11.3. The van der Waals surface area contributed by atoms with Crippen molar-refractivity contribution in [1.82, 2.24) is 5.32 Å². The van der Waals surface area contributed by atoms with E-state index in [1.807, 2.05) is 0 Å². The molecule has 8 nitrogen and oxygen atoms in total. The van der Waals surface area contributed by atoms with E-state index in [1.165, 1.54) is 7.11 Å². The van der Waals surface area contributed by atoms with Gasteiger partial charge in [0.25, 0.3) is 0 Å². The van der Waals surface area contributed by atoms with Gasteiger partial charge in [-0.2, -0.15) is 0 Å². The Morgan fingerprint density at radius 2 is 2.12 bits per heavy atom. The van der Waals surface area contributed by atoms with Gasteiger partial charge in [0.1, 0.15) is 18.2 Å². The molecule has 1 N–H and O–H groups in total. The molecule has 1 amide bonds. The first-order valence-corrected chi connectivity index (χ1v) is 8.12. The first kappa shape index (κ1) is 20.2. The molecule has 138 valence electrons. The molecule has 0 saturated heterocycles. The monoisotopic (exact) mass is 344 g/mol. The van der Waals surface area contributed by atoms with Crippen LogP contribution in [0.2, 0.25) is 0 Å². The lowest BCUT2D eigenvalue weighted by atomic mass is 10.2. The Morgan fingerprint density at radius 1 is 1.42 bits per heavy atom. The maximum absolute atomic E-state index is 12.0. The minimum atomic E-state index is -0.719. The van der Waals surface area contributed by atoms with Gasteiger partial charge in [0, 0.05) is 6.61 Å². The van der Waals surface area contributed by atoms with Crippen molar-refractivity contribution >= 4 is 18.0 Å². The normalized spacial score (nSPS) is 18.4. The Bertz CT molecular complexity index is 458. The molecule has 1 aliphatic heterocycles. The Kier molecular flexibility index (Phi) is 7.97. The van der Waals surface area contributed by atoms with Gasteiger partial charge >= 0.3 is 12.1 Å². The number of alkyl carbamates (subject to hydrolysis) is 1. The zero-order chi connectivity index (χ0) is 18.2. The fraction of sp³-hybridized carbons (Fsp3) is 0.812. The molecule has 8 heteroatoms. The van der Waals surface area contributed by atoms with Crippen molar-refractivity contribution in [2.24, 2.45) is 4.99 Å². The second-order valence-electron chi connectivity index (χ2n) is 6.44. The van der Waals surface area contributed by atoms with E-state index in [9.17, 15) is 9.59 Å². The standard InChI is InChI=1S/C16H28N2O6/c1-6-7-8-22-9-11(18-15(20)24-16(2,3)4)13-17-12(10-23-13)14(19)21-5/h11-12H,6-10H2,1-5H3,(H,18,20). The molecular formula is C16H28N2O6. The average Bonchev–Trinajstić information content (AvgIpc) is 2.97. The summed E-state index contributed by atoms with van der Waals surface area (Å²) in [5, 5.41) is 2.68. The zero-order valence-electron chi connectivity index (χ0n) is 15.1. The Morgan fingerprint density at radius 3 is 2.71 bits per heavy atom.